The van der Waals surface area contributed by atoms with Crippen molar-refractivity contribution in [3.8, 4) is 0 Å². The number of fused-ring (bicyclic) bond motifs is 1. The van der Waals surface area contributed by atoms with Crippen LogP contribution in [-0.4, -0.2) is 16.9 Å². The molecule has 0 heterocycles. The van der Waals surface area contributed by atoms with Crippen molar-refractivity contribution in [2.75, 3.05) is 0 Å². The molecular formula is C16H15NO2. The number of hydrogen-bond acceptors (Lipinski definition) is 3. The number of benzene rings is 2. The van der Waals surface area contributed by atoms with Gasteiger partial charge in [-0.3, -0.25) is 0 Å². The van der Waals surface area contributed by atoms with E-state index in [1.54, 1.807) is 0 Å². The summed E-state index contributed by atoms with van der Waals surface area (Å²) in [7, 11) is 0. The number of aliphatic hydroxyl groups is 1. The SMILES string of the molecule is O[C@@H]1Cc2ccccc2/C1=N/OCc1ccccc1. The molecule has 3 rings (SSSR count). The number of rotatable bonds is 3. The van der Waals surface area contributed by atoms with Crippen molar-refractivity contribution >= 4 is 5.71 Å². The lowest BCUT2D eigenvalue weighted by atomic mass is 10.1. The molecule has 1 aliphatic rings. The molecule has 0 radical (unpaired) electrons. The molecule has 0 bridgehead atoms. The smallest absolute Gasteiger partial charge is 0.142 e. The maximum Gasteiger partial charge on any atom is 0.142 e. The van der Waals surface area contributed by atoms with Crippen LogP contribution in [0.4, 0.5) is 0 Å². The van der Waals surface area contributed by atoms with E-state index in [2.05, 4.69) is 5.16 Å². The number of aliphatic hydroxyl groups excluding tert-OH is 1. The van der Waals surface area contributed by atoms with Crippen LogP contribution in [-0.2, 0) is 17.9 Å². The van der Waals surface area contributed by atoms with Crippen LogP contribution in [0.15, 0.2) is 59.8 Å². The summed E-state index contributed by atoms with van der Waals surface area (Å²) in [5.74, 6) is 0. The highest BCUT2D eigenvalue weighted by Crippen LogP contribution is 2.22. The van der Waals surface area contributed by atoms with Crippen LogP contribution in [0.1, 0.15) is 16.7 Å². The van der Waals surface area contributed by atoms with E-state index in [-0.39, 0.29) is 0 Å². The molecule has 0 unspecified atom stereocenters. The molecule has 96 valence electrons. The monoisotopic (exact) mass is 253 g/mol. The third-order valence-corrected chi connectivity index (χ3v) is 3.26. The van der Waals surface area contributed by atoms with E-state index in [1.165, 1.54) is 0 Å². The van der Waals surface area contributed by atoms with Crippen LogP contribution in [0, 0.1) is 0 Å². The first-order chi connectivity index (χ1) is 9.34. The summed E-state index contributed by atoms with van der Waals surface area (Å²) in [5, 5.41) is 14.1. The fourth-order valence-electron chi connectivity index (χ4n) is 2.29. The van der Waals surface area contributed by atoms with E-state index in [0.29, 0.717) is 18.7 Å². The molecule has 0 aliphatic heterocycles. The number of nitrogens with zero attached hydrogens (tertiary/aromatic N) is 1. The Morgan fingerprint density at radius 3 is 2.63 bits per heavy atom. The van der Waals surface area contributed by atoms with Crippen LogP contribution in [0.3, 0.4) is 0 Å². The van der Waals surface area contributed by atoms with Gasteiger partial charge in [-0.1, -0.05) is 59.8 Å². The van der Waals surface area contributed by atoms with Gasteiger partial charge in [-0.15, -0.1) is 0 Å². The maximum atomic E-state index is 10.00. The van der Waals surface area contributed by atoms with Crippen molar-refractivity contribution in [3.63, 3.8) is 0 Å². The normalized spacial score (nSPS) is 19.4. The average molecular weight is 253 g/mol. The van der Waals surface area contributed by atoms with Crippen molar-refractivity contribution < 1.29 is 9.94 Å². The maximum absolute atomic E-state index is 10.00. The Morgan fingerprint density at radius 1 is 1.05 bits per heavy atom. The first kappa shape index (κ1) is 11.9. The topological polar surface area (TPSA) is 41.8 Å². The van der Waals surface area contributed by atoms with Gasteiger partial charge in [-0.2, -0.15) is 0 Å². The summed E-state index contributed by atoms with van der Waals surface area (Å²) < 4.78 is 0. The Labute approximate surface area is 112 Å². The summed E-state index contributed by atoms with van der Waals surface area (Å²) in [4.78, 5) is 5.36. The van der Waals surface area contributed by atoms with E-state index in [9.17, 15) is 5.11 Å². The molecule has 1 atom stereocenters. The third-order valence-electron chi connectivity index (χ3n) is 3.26. The fourth-order valence-corrected chi connectivity index (χ4v) is 2.29. The highest BCUT2D eigenvalue weighted by molar-refractivity contribution is 6.07. The van der Waals surface area contributed by atoms with Crippen LogP contribution < -0.4 is 0 Å². The van der Waals surface area contributed by atoms with Gasteiger partial charge in [-0.25, -0.2) is 0 Å². The van der Waals surface area contributed by atoms with Gasteiger partial charge in [0, 0.05) is 12.0 Å². The molecular weight excluding hydrogens is 238 g/mol. The van der Waals surface area contributed by atoms with E-state index in [0.717, 1.165) is 16.7 Å². The van der Waals surface area contributed by atoms with Crippen molar-refractivity contribution in [1.82, 2.24) is 0 Å². The quantitative estimate of drug-likeness (QED) is 0.854. The second-order valence-electron chi connectivity index (χ2n) is 4.61. The van der Waals surface area contributed by atoms with Gasteiger partial charge in [0.2, 0.25) is 0 Å². The lowest BCUT2D eigenvalue weighted by molar-refractivity contribution is 0.125. The summed E-state index contributed by atoms with van der Waals surface area (Å²) in [5.41, 5.74) is 3.80. The van der Waals surface area contributed by atoms with Gasteiger partial charge in [0.1, 0.15) is 18.4 Å². The zero-order chi connectivity index (χ0) is 13.1. The number of oxime groups is 1. The second kappa shape index (κ2) is 5.24. The van der Waals surface area contributed by atoms with Gasteiger partial charge in [0.25, 0.3) is 0 Å². The van der Waals surface area contributed by atoms with Gasteiger partial charge in [0.15, 0.2) is 0 Å². The lowest BCUT2D eigenvalue weighted by Crippen LogP contribution is -2.16. The minimum Gasteiger partial charge on any atom is -0.391 e. The highest BCUT2D eigenvalue weighted by Gasteiger charge is 2.26. The van der Waals surface area contributed by atoms with E-state index >= 15 is 0 Å². The lowest BCUT2D eigenvalue weighted by Gasteiger charge is -2.05. The third kappa shape index (κ3) is 2.51. The summed E-state index contributed by atoms with van der Waals surface area (Å²) in [6, 6.07) is 17.8. The Balaban J connectivity index is 1.74. The molecule has 0 aromatic heterocycles. The Morgan fingerprint density at radius 2 is 1.79 bits per heavy atom. The van der Waals surface area contributed by atoms with Crippen molar-refractivity contribution in [1.29, 1.82) is 0 Å². The predicted molar refractivity (Wildman–Crippen MR) is 73.9 cm³/mol. The molecule has 3 nitrogen and oxygen atoms in total. The average Bonchev–Trinajstić information content (AvgIpc) is 2.76. The molecule has 0 spiro atoms. The molecule has 0 saturated carbocycles. The van der Waals surface area contributed by atoms with Crippen LogP contribution in [0.5, 0.6) is 0 Å². The Bertz CT molecular complexity index is 593. The van der Waals surface area contributed by atoms with Crippen molar-refractivity contribution in [3.05, 3.63) is 71.3 Å². The second-order valence-corrected chi connectivity index (χ2v) is 4.61. The van der Waals surface area contributed by atoms with Crippen molar-refractivity contribution in [2.24, 2.45) is 5.16 Å². The van der Waals surface area contributed by atoms with E-state index < -0.39 is 6.10 Å². The summed E-state index contributed by atoms with van der Waals surface area (Å²) >= 11 is 0. The van der Waals surface area contributed by atoms with Crippen molar-refractivity contribution in [2.45, 2.75) is 19.1 Å². The summed E-state index contributed by atoms with van der Waals surface area (Å²) in [6.45, 7) is 0.416. The van der Waals surface area contributed by atoms with Gasteiger partial charge < -0.3 is 9.94 Å². The first-order valence-electron chi connectivity index (χ1n) is 6.35. The minimum absolute atomic E-state index is 0.416. The molecule has 0 saturated heterocycles. The molecule has 3 heteroatoms. The van der Waals surface area contributed by atoms with E-state index in [1.807, 2.05) is 54.6 Å². The standard InChI is InChI=1S/C16H15NO2/c18-15-10-13-8-4-5-9-14(13)16(15)17-19-11-12-6-2-1-3-7-12/h1-9,15,18H,10-11H2/b17-16-/t15-/m1/s1. The molecule has 0 amide bonds. The zero-order valence-corrected chi connectivity index (χ0v) is 10.5. The van der Waals surface area contributed by atoms with Crippen LogP contribution in [0.2, 0.25) is 0 Å². The number of hydrogen-bond donors (Lipinski definition) is 1. The minimum atomic E-state index is -0.562. The van der Waals surface area contributed by atoms with Crippen LogP contribution >= 0.6 is 0 Å². The predicted octanol–water partition coefficient (Wildman–Crippen LogP) is 2.52. The summed E-state index contributed by atoms with van der Waals surface area (Å²) in [6.07, 6.45) is 0.0529. The molecule has 0 fully saturated rings. The van der Waals surface area contributed by atoms with Gasteiger partial charge in [-0.05, 0) is 11.1 Å². The van der Waals surface area contributed by atoms with Gasteiger partial charge in [0.05, 0.1) is 0 Å². The largest absolute Gasteiger partial charge is 0.391 e. The molecule has 1 aliphatic carbocycles. The Hall–Kier alpha value is -2.13. The molecule has 19 heavy (non-hydrogen) atoms. The molecule has 1 N–H and O–H groups in total. The fraction of sp³-hybridized carbons (Fsp3) is 0.188. The zero-order valence-electron chi connectivity index (χ0n) is 10.5. The molecule has 2 aromatic rings. The van der Waals surface area contributed by atoms with Crippen LogP contribution in [0.25, 0.3) is 0 Å². The highest BCUT2D eigenvalue weighted by atomic mass is 16.6. The first-order valence-corrected chi connectivity index (χ1v) is 6.35. The van der Waals surface area contributed by atoms with Gasteiger partial charge >= 0.3 is 0 Å². The van der Waals surface area contributed by atoms with E-state index in [4.69, 9.17) is 4.84 Å². The Kier molecular flexibility index (Phi) is 3.29. The molecule has 2 aromatic carbocycles.